The maximum absolute atomic E-state index is 12.7. The molecule has 1 aromatic heterocycles. The van der Waals surface area contributed by atoms with E-state index in [-0.39, 0.29) is 31.4 Å². The maximum Gasteiger partial charge on any atom is 0.310 e. The van der Waals surface area contributed by atoms with E-state index in [1.165, 1.54) is 12.0 Å². The van der Waals surface area contributed by atoms with Crippen molar-refractivity contribution in [3.05, 3.63) is 29.0 Å². The van der Waals surface area contributed by atoms with Crippen LogP contribution in [0, 0.1) is 5.92 Å². The summed E-state index contributed by atoms with van der Waals surface area (Å²) in [4.78, 5) is 25.3. The molecule has 0 saturated carbocycles. The van der Waals surface area contributed by atoms with Crippen LogP contribution in [0.25, 0.3) is 11.0 Å². The highest BCUT2D eigenvalue weighted by Crippen LogP contribution is 2.32. The molecular weight excluding hydrogens is 338 g/mol. The predicted octanol–water partition coefficient (Wildman–Crippen LogP) is 2.27. The third-order valence-corrected chi connectivity index (χ3v) is 4.10. The van der Waals surface area contributed by atoms with E-state index in [2.05, 4.69) is 0 Å². The highest BCUT2D eigenvalue weighted by molar-refractivity contribution is 6.31. The van der Waals surface area contributed by atoms with Gasteiger partial charge in [-0.2, -0.15) is 0 Å². The van der Waals surface area contributed by atoms with Gasteiger partial charge in [0.1, 0.15) is 0 Å². The largest absolute Gasteiger partial charge is 0.493 e. The van der Waals surface area contributed by atoms with Gasteiger partial charge in [0, 0.05) is 29.6 Å². The molecule has 0 bridgehead atoms. The predicted molar refractivity (Wildman–Crippen MR) is 85.6 cm³/mol. The van der Waals surface area contributed by atoms with Crippen LogP contribution in [0.1, 0.15) is 10.6 Å². The number of nitrogens with zero attached hydrogens (tertiary/aromatic N) is 1. The van der Waals surface area contributed by atoms with Gasteiger partial charge in [-0.15, -0.1) is 0 Å². The smallest absolute Gasteiger partial charge is 0.310 e. The summed E-state index contributed by atoms with van der Waals surface area (Å²) in [5, 5.41) is 10.3. The molecule has 1 N–H and O–H groups in total. The fourth-order valence-corrected chi connectivity index (χ4v) is 2.86. The van der Waals surface area contributed by atoms with Crippen LogP contribution in [0.4, 0.5) is 0 Å². The van der Waals surface area contributed by atoms with Crippen molar-refractivity contribution in [1.29, 1.82) is 0 Å². The molecule has 1 unspecified atom stereocenters. The van der Waals surface area contributed by atoms with Crippen LogP contribution < -0.4 is 4.74 Å². The average molecular weight is 354 g/mol. The summed E-state index contributed by atoms with van der Waals surface area (Å²) in [6.45, 7) is 0.744. The van der Waals surface area contributed by atoms with Gasteiger partial charge in [0.25, 0.3) is 5.91 Å². The second-order valence-electron chi connectivity index (χ2n) is 5.50. The highest BCUT2D eigenvalue weighted by atomic mass is 35.5. The molecule has 1 saturated heterocycles. The summed E-state index contributed by atoms with van der Waals surface area (Å²) in [5.41, 5.74) is 0.422. The number of carbonyl (C=O) groups is 2. The van der Waals surface area contributed by atoms with Crippen molar-refractivity contribution < 1.29 is 28.6 Å². The molecule has 1 aliphatic rings. The first kappa shape index (κ1) is 16.6. The average Bonchev–Trinajstić information content (AvgIpc) is 2.81. The quantitative estimate of drug-likeness (QED) is 0.910. The lowest BCUT2D eigenvalue weighted by Crippen LogP contribution is -2.37. The molecule has 1 atom stereocenters. The molecule has 1 fully saturated rings. The third-order valence-electron chi connectivity index (χ3n) is 3.88. The number of halogens is 1. The standard InChI is InChI=1S/C16H16ClNO6/c1-22-12-6-11(17)4-9-5-13(24-14(9)12)15(19)18-2-3-23-8-10(7-18)16(20)21/h4-6,10H,2-3,7-8H2,1H3,(H,20,21). The Morgan fingerprint density at radius 3 is 2.88 bits per heavy atom. The van der Waals surface area contributed by atoms with Gasteiger partial charge in [-0.3, -0.25) is 9.59 Å². The number of carboxylic acids is 1. The Morgan fingerprint density at radius 2 is 2.17 bits per heavy atom. The van der Waals surface area contributed by atoms with E-state index in [9.17, 15) is 14.7 Å². The molecule has 128 valence electrons. The molecular formula is C16H16ClNO6. The molecule has 7 nitrogen and oxygen atoms in total. The molecule has 8 heteroatoms. The minimum atomic E-state index is -0.993. The number of ether oxygens (including phenoxy) is 2. The minimum absolute atomic E-state index is 0.0725. The monoisotopic (exact) mass is 353 g/mol. The fraction of sp³-hybridized carbons (Fsp3) is 0.375. The highest BCUT2D eigenvalue weighted by Gasteiger charge is 2.29. The summed E-state index contributed by atoms with van der Waals surface area (Å²) in [6.07, 6.45) is 0. The van der Waals surface area contributed by atoms with Crippen molar-refractivity contribution in [3.8, 4) is 5.75 Å². The molecule has 1 amide bonds. The summed E-state index contributed by atoms with van der Waals surface area (Å²) in [7, 11) is 1.48. The Kier molecular flexibility index (Phi) is 4.64. The third kappa shape index (κ3) is 3.18. The van der Waals surface area contributed by atoms with Gasteiger partial charge in [0.05, 0.1) is 26.2 Å². The van der Waals surface area contributed by atoms with E-state index in [0.717, 1.165) is 0 Å². The normalized spacial score (nSPS) is 18.4. The number of hydrogen-bond acceptors (Lipinski definition) is 5. The number of amides is 1. The Labute approximate surface area is 142 Å². The Bertz CT molecular complexity index is 786. The van der Waals surface area contributed by atoms with Crippen LogP contribution in [0.5, 0.6) is 5.75 Å². The van der Waals surface area contributed by atoms with E-state index < -0.39 is 11.9 Å². The van der Waals surface area contributed by atoms with Gasteiger partial charge in [0.2, 0.25) is 0 Å². The van der Waals surface area contributed by atoms with Gasteiger partial charge in [-0.05, 0) is 12.1 Å². The van der Waals surface area contributed by atoms with Crippen LogP contribution >= 0.6 is 11.6 Å². The second kappa shape index (κ2) is 6.70. The van der Waals surface area contributed by atoms with Gasteiger partial charge < -0.3 is 23.9 Å². The van der Waals surface area contributed by atoms with Crippen LogP contribution in [0.2, 0.25) is 5.02 Å². The molecule has 24 heavy (non-hydrogen) atoms. The zero-order valence-electron chi connectivity index (χ0n) is 13.0. The Balaban J connectivity index is 1.91. The zero-order chi connectivity index (χ0) is 17.3. The first-order valence-corrected chi connectivity index (χ1v) is 7.74. The van der Waals surface area contributed by atoms with Crippen molar-refractivity contribution in [2.24, 2.45) is 5.92 Å². The topological polar surface area (TPSA) is 89.2 Å². The molecule has 0 radical (unpaired) electrons. The number of rotatable bonds is 3. The fourth-order valence-electron chi connectivity index (χ4n) is 2.64. The number of aliphatic carboxylic acids is 1. The van der Waals surface area contributed by atoms with E-state index in [1.54, 1.807) is 18.2 Å². The number of carboxylic acid groups (broad SMARTS) is 1. The van der Waals surface area contributed by atoms with Crippen molar-refractivity contribution in [1.82, 2.24) is 4.90 Å². The van der Waals surface area contributed by atoms with E-state index in [0.29, 0.717) is 28.3 Å². The van der Waals surface area contributed by atoms with Crippen molar-refractivity contribution in [3.63, 3.8) is 0 Å². The second-order valence-corrected chi connectivity index (χ2v) is 5.93. The molecule has 2 aromatic rings. The zero-order valence-corrected chi connectivity index (χ0v) is 13.7. The number of carbonyl (C=O) groups excluding carboxylic acids is 1. The summed E-state index contributed by atoms with van der Waals surface area (Å²) < 4.78 is 16.1. The van der Waals surface area contributed by atoms with Crippen LogP contribution in [-0.4, -0.2) is 55.3 Å². The molecule has 3 rings (SSSR count). The lowest BCUT2D eigenvalue weighted by Gasteiger charge is -2.20. The number of furan rings is 1. The lowest BCUT2D eigenvalue weighted by molar-refractivity contribution is -0.143. The first-order valence-electron chi connectivity index (χ1n) is 7.36. The Morgan fingerprint density at radius 1 is 1.38 bits per heavy atom. The number of hydrogen-bond donors (Lipinski definition) is 1. The summed E-state index contributed by atoms with van der Waals surface area (Å²) in [6, 6.07) is 4.85. The minimum Gasteiger partial charge on any atom is -0.493 e. The number of benzene rings is 1. The Hall–Kier alpha value is -2.25. The lowest BCUT2D eigenvalue weighted by atomic mass is 10.1. The van der Waals surface area contributed by atoms with Gasteiger partial charge in [0.15, 0.2) is 17.1 Å². The summed E-state index contributed by atoms with van der Waals surface area (Å²) >= 11 is 6.02. The van der Waals surface area contributed by atoms with E-state index in [4.69, 9.17) is 25.5 Å². The van der Waals surface area contributed by atoms with E-state index >= 15 is 0 Å². The molecule has 0 spiro atoms. The van der Waals surface area contributed by atoms with Crippen LogP contribution in [0.3, 0.4) is 0 Å². The number of methoxy groups -OCH3 is 1. The SMILES string of the molecule is COc1cc(Cl)cc2cc(C(=O)N3CCOCC(C(=O)O)C3)oc12. The van der Waals surface area contributed by atoms with Crippen LogP contribution in [-0.2, 0) is 9.53 Å². The van der Waals surface area contributed by atoms with Crippen molar-refractivity contribution >= 4 is 34.4 Å². The molecule has 1 aliphatic heterocycles. The van der Waals surface area contributed by atoms with Crippen molar-refractivity contribution in [2.75, 3.05) is 33.4 Å². The van der Waals surface area contributed by atoms with Crippen molar-refractivity contribution in [2.45, 2.75) is 0 Å². The maximum atomic E-state index is 12.7. The van der Waals surface area contributed by atoms with Crippen LogP contribution in [0.15, 0.2) is 22.6 Å². The van der Waals surface area contributed by atoms with Gasteiger partial charge in [-0.1, -0.05) is 11.6 Å². The summed E-state index contributed by atoms with van der Waals surface area (Å²) in [5.74, 6) is -1.60. The van der Waals surface area contributed by atoms with E-state index in [1.807, 2.05) is 0 Å². The van der Waals surface area contributed by atoms with Gasteiger partial charge in [-0.25, -0.2) is 0 Å². The molecule has 0 aliphatic carbocycles. The molecule has 2 heterocycles. The first-order chi connectivity index (χ1) is 11.5. The number of fused-ring (bicyclic) bond motifs is 1. The molecule has 1 aromatic carbocycles. The van der Waals surface area contributed by atoms with Gasteiger partial charge >= 0.3 is 5.97 Å².